The Bertz CT molecular complexity index is 496. The monoisotopic (exact) mass is 231 g/mol. The van der Waals surface area contributed by atoms with Gasteiger partial charge in [0.1, 0.15) is 5.76 Å². The number of nitrogens with zero attached hydrogens (tertiary/aromatic N) is 2. The van der Waals surface area contributed by atoms with Crippen molar-refractivity contribution in [2.45, 2.75) is 38.9 Å². The summed E-state index contributed by atoms with van der Waals surface area (Å²) >= 11 is 0. The summed E-state index contributed by atoms with van der Waals surface area (Å²) in [7, 11) is 0. The quantitative estimate of drug-likeness (QED) is 0.856. The van der Waals surface area contributed by atoms with Gasteiger partial charge in [-0.1, -0.05) is 0 Å². The molecule has 1 aliphatic carbocycles. The zero-order chi connectivity index (χ0) is 11.7. The van der Waals surface area contributed by atoms with Crippen LogP contribution in [-0.2, 0) is 13.1 Å². The van der Waals surface area contributed by atoms with Gasteiger partial charge in [0.15, 0.2) is 0 Å². The van der Waals surface area contributed by atoms with Crippen molar-refractivity contribution < 1.29 is 4.42 Å². The highest BCUT2D eigenvalue weighted by atomic mass is 16.3. The van der Waals surface area contributed by atoms with Crippen LogP contribution in [0.5, 0.6) is 0 Å². The number of aryl methyl sites for hydroxylation is 1. The van der Waals surface area contributed by atoms with Crippen LogP contribution in [0.4, 0.5) is 0 Å². The minimum Gasteiger partial charge on any atom is -0.467 e. The van der Waals surface area contributed by atoms with Crippen molar-refractivity contribution >= 4 is 0 Å². The molecule has 1 aliphatic rings. The fraction of sp³-hybridized carbons (Fsp3) is 0.462. The summed E-state index contributed by atoms with van der Waals surface area (Å²) in [6, 6.07) is 4.77. The zero-order valence-electron chi connectivity index (χ0n) is 10.0. The van der Waals surface area contributed by atoms with Crippen molar-refractivity contribution in [3.05, 3.63) is 41.6 Å². The van der Waals surface area contributed by atoms with Crippen LogP contribution < -0.4 is 5.32 Å². The number of aromatic nitrogens is 2. The summed E-state index contributed by atoms with van der Waals surface area (Å²) in [5, 5.41) is 7.87. The van der Waals surface area contributed by atoms with E-state index in [2.05, 4.69) is 10.4 Å². The first-order valence-electron chi connectivity index (χ1n) is 6.10. The van der Waals surface area contributed by atoms with Gasteiger partial charge in [-0.15, -0.1) is 0 Å². The lowest BCUT2D eigenvalue weighted by Crippen LogP contribution is -2.16. The van der Waals surface area contributed by atoms with Gasteiger partial charge in [-0.3, -0.25) is 4.68 Å². The maximum atomic E-state index is 5.53. The van der Waals surface area contributed by atoms with Crippen molar-refractivity contribution in [2.24, 2.45) is 0 Å². The first-order chi connectivity index (χ1) is 8.31. The summed E-state index contributed by atoms with van der Waals surface area (Å²) in [5.74, 6) is 1.00. The maximum absolute atomic E-state index is 5.53. The molecule has 0 aromatic carbocycles. The predicted molar refractivity (Wildman–Crippen MR) is 64.6 cm³/mol. The van der Waals surface area contributed by atoms with E-state index in [0.29, 0.717) is 6.54 Å². The van der Waals surface area contributed by atoms with E-state index < -0.39 is 0 Å². The van der Waals surface area contributed by atoms with Gasteiger partial charge in [-0.25, -0.2) is 0 Å². The molecule has 90 valence electrons. The van der Waals surface area contributed by atoms with Crippen LogP contribution in [-0.4, -0.2) is 15.8 Å². The maximum Gasteiger partial charge on any atom is 0.129 e. The second-order valence-corrected chi connectivity index (χ2v) is 4.68. The van der Waals surface area contributed by atoms with E-state index in [9.17, 15) is 0 Å². The standard InChI is InChI=1S/C13H17N3O/c1-10-4-6-16(15-10)9-13-11(5-7-17-13)8-14-12-2-3-12/h4-7,12,14H,2-3,8-9H2,1H3. The minimum absolute atomic E-state index is 0.711. The third-order valence-corrected chi connectivity index (χ3v) is 3.08. The lowest BCUT2D eigenvalue weighted by Gasteiger charge is -2.04. The molecule has 17 heavy (non-hydrogen) atoms. The molecule has 0 amide bonds. The van der Waals surface area contributed by atoms with E-state index in [0.717, 1.165) is 24.0 Å². The third-order valence-electron chi connectivity index (χ3n) is 3.08. The van der Waals surface area contributed by atoms with Gasteiger partial charge < -0.3 is 9.73 Å². The van der Waals surface area contributed by atoms with Gasteiger partial charge >= 0.3 is 0 Å². The Morgan fingerprint density at radius 2 is 2.35 bits per heavy atom. The largest absolute Gasteiger partial charge is 0.467 e. The Morgan fingerprint density at radius 3 is 3.06 bits per heavy atom. The van der Waals surface area contributed by atoms with Gasteiger partial charge in [-0.05, 0) is 31.9 Å². The highest BCUT2D eigenvalue weighted by molar-refractivity contribution is 5.17. The first-order valence-corrected chi connectivity index (χ1v) is 6.10. The van der Waals surface area contributed by atoms with Crippen molar-refractivity contribution in [1.82, 2.24) is 15.1 Å². The summed E-state index contributed by atoms with van der Waals surface area (Å²) in [6.07, 6.45) is 6.36. The molecule has 2 aromatic rings. The number of hydrogen-bond donors (Lipinski definition) is 1. The molecule has 2 heterocycles. The van der Waals surface area contributed by atoms with Gasteiger partial charge in [0, 0.05) is 24.3 Å². The van der Waals surface area contributed by atoms with Gasteiger partial charge in [0.2, 0.25) is 0 Å². The predicted octanol–water partition coefficient (Wildman–Crippen LogP) is 2.08. The number of hydrogen-bond acceptors (Lipinski definition) is 3. The average Bonchev–Trinajstić information content (AvgIpc) is 2.90. The molecular formula is C13H17N3O. The molecule has 0 aliphatic heterocycles. The molecule has 0 atom stereocenters. The Morgan fingerprint density at radius 1 is 1.47 bits per heavy atom. The molecule has 2 aromatic heterocycles. The summed E-state index contributed by atoms with van der Waals surface area (Å²) in [6.45, 7) is 3.60. The van der Waals surface area contributed by atoms with Crippen LogP contribution >= 0.6 is 0 Å². The van der Waals surface area contributed by atoms with Crippen molar-refractivity contribution in [2.75, 3.05) is 0 Å². The summed E-state index contributed by atoms with van der Waals surface area (Å²) in [5.41, 5.74) is 2.28. The molecule has 3 rings (SSSR count). The molecule has 0 unspecified atom stereocenters. The first kappa shape index (κ1) is 10.6. The Kier molecular flexibility index (Phi) is 2.73. The summed E-state index contributed by atoms with van der Waals surface area (Å²) < 4.78 is 7.44. The van der Waals surface area contributed by atoms with Crippen LogP contribution in [0.3, 0.4) is 0 Å². The van der Waals surface area contributed by atoms with E-state index in [1.54, 1.807) is 6.26 Å². The molecule has 0 radical (unpaired) electrons. The Labute approximate surface area is 101 Å². The lowest BCUT2D eigenvalue weighted by molar-refractivity contribution is 0.471. The Hall–Kier alpha value is -1.55. The van der Waals surface area contributed by atoms with Crippen LogP contribution in [0.15, 0.2) is 29.0 Å². The van der Waals surface area contributed by atoms with E-state index in [-0.39, 0.29) is 0 Å². The zero-order valence-corrected chi connectivity index (χ0v) is 10.0. The fourth-order valence-electron chi connectivity index (χ4n) is 1.90. The second kappa shape index (κ2) is 4.37. The molecule has 1 fully saturated rings. The molecule has 0 saturated heterocycles. The third kappa shape index (κ3) is 2.58. The van der Waals surface area contributed by atoms with Crippen LogP contribution in [0.25, 0.3) is 0 Å². The van der Waals surface area contributed by atoms with Gasteiger partial charge in [0.05, 0.1) is 18.5 Å². The van der Waals surface area contributed by atoms with Crippen molar-refractivity contribution in [1.29, 1.82) is 0 Å². The molecule has 1 saturated carbocycles. The number of rotatable bonds is 5. The number of nitrogens with one attached hydrogen (secondary N) is 1. The number of furan rings is 1. The van der Waals surface area contributed by atoms with Gasteiger partial charge in [-0.2, -0.15) is 5.10 Å². The smallest absolute Gasteiger partial charge is 0.129 e. The van der Waals surface area contributed by atoms with E-state index in [1.807, 2.05) is 29.9 Å². The molecule has 4 nitrogen and oxygen atoms in total. The molecular weight excluding hydrogens is 214 g/mol. The van der Waals surface area contributed by atoms with Crippen LogP contribution in [0, 0.1) is 6.92 Å². The van der Waals surface area contributed by atoms with E-state index in [4.69, 9.17) is 4.42 Å². The molecule has 4 heteroatoms. The highest BCUT2D eigenvalue weighted by Gasteiger charge is 2.20. The lowest BCUT2D eigenvalue weighted by atomic mass is 10.2. The Balaban J connectivity index is 1.67. The fourth-order valence-corrected chi connectivity index (χ4v) is 1.90. The molecule has 0 bridgehead atoms. The SMILES string of the molecule is Cc1ccn(Cc2occc2CNC2CC2)n1. The van der Waals surface area contributed by atoms with Crippen LogP contribution in [0.2, 0.25) is 0 Å². The van der Waals surface area contributed by atoms with Gasteiger partial charge in [0.25, 0.3) is 0 Å². The van der Waals surface area contributed by atoms with Crippen LogP contribution in [0.1, 0.15) is 29.9 Å². The normalized spacial score (nSPS) is 15.4. The average molecular weight is 231 g/mol. The summed E-state index contributed by atoms with van der Waals surface area (Å²) in [4.78, 5) is 0. The molecule has 1 N–H and O–H groups in total. The van der Waals surface area contributed by atoms with Crippen molar-refractivity contribution in [3.63, 3.8) is 0 Å². The highest BCUT2D eigenvalue weighted by Crippen LogP contribution is 2.20. The molecule has 0 spiro atoms. The van der Waals surface area contributed by atoms with E-state index >= 15 is 0 Å². The minimum atomic E-state index is 0.711. The van der Waals surface area contributed by atoms with Crippen molar-refractivity contribution in [3.8, 4) is 0 Å². The van der Waals surface area contributed by atoms with E-state index in [1.165, 1.54) is 18.4 Å². The second-order valence-electron chi connectivity index (χ2n) is 4.68. The topological polar surface area (TPSA) is 43.0 Å².